The van der Waals surface area contributed by atoms with E-state index in [-0.39, 0.29) is 0 Å². The fraction of sp³-hybridized carbons (Fsp3) is 0.133. The molecule has 0 amide bonds. The summed E-state index contributed by atoms with van der Waals surface area (Å²) in [6.07, 6.45) is 1.62. The average Bonchev–Trinajstić information content (AvgIpc) is 3.19. The SMILES string of the molecule is COc1cccc(-c2csc(N=NCc3ccco3)n2)c1. The van der Waals surface area contributed by atoms with Gasteiger partial charge in [-0.25, -0.2) is 4.98 Å². The molecule has 2 heterocycles. The second kappa shape index (κ2) is 6.32. The van der Waals surface area contributed by atoms with Crippen LogP contribution in [0, 0.1) is 0 Å². The summed E-state index contributed by atoms with van der Waals surface area (Å²) in [6.45, 7) is 0.418. The highest BCUT2D eigenvalue weighted by Gasteiger charge is 2.05. The third-order valence-corrected chi connectivity index (χ3v) is 3.55. The summed E-state index contributed by atoms with van der Waals surface area (Å²) in [7, 11) is 1.65. The molecule has 5 nitrogen and oxygen atoms in total. The predicted octanol–water partition coefficient (Wildman–Crippen LogP) is 4.70. The lowest BCUT2D eigenvalue weighted by atomic mass is 10.2. The lowest BCUT2D eigenvalue weighted by molar-refractivity contribution is 0.415. The molecule has 0 radical (unpaired) electrons. The largest absolute Gasteiger partial charge is 0.497 e. The molecule has 0 unspecified atom stereocenters. The zero-order chi connectivity index (χ0) is 14.5. The highest BCUT2D eigenvalue weighted by atomic mass is 32.1. The van der Waals surface area contributed by atoms with Gasteiger partial charge in [0, 0.05) is 10.9 Å². The molecule has 0 fully saturated rings. The molecule has 0 aliphatic rings. The van der Waals surface area contributed by atoms with Gasteiger partial charge in [0.05, 0.1) is 19.1 Å². The van der Waals surface area contributed by atoms with E-state index >= 15 is 0 Å². The number of ether oxygens (including phenoxy) is 1. The second-order valence-electron chi connectivity index (χ2n) is 4.23. The minimum atomic E-state index is 0.418. The number of methoxy groups -OCH3 is 1. The minimum absolute atomic E-state index is 0.418. The van der Waals surface area contributed by atoms with Gasteiger partial charge in [0.25, 0.3) is 0 Å². The van der Waals surface area contributed by atoms with Crippen LogP contribution in [0.2, 0.25) is 0 Å². The molecular weight excluding hydrogens is 286 g/mol. The Bertz CT molecular complexity index is 735. The summed E-state index contributed by atoms with van der Waals surface area (Å²) >= 11 is 1.45. The number of azo groups is 1. The Labute approximate surface area is 125 Å². The highest BCUT2D eigenvalue weighted by Crippen LogP contribution is 2.29. The Morgan fingerprint density at radius 2 is 2.24 bits per heavy atom. The molecule has 21 heavy (non-hydrogen) atoms. The zero-order valence-corrected chi connectivity index (χ0v) is 12.2. The smallest absolute Gasteiger partial charge is 0.230 e. The number of aromatic nitrogens is 1. The number of furan rings is 1. The summed E-state index contributed by atoms with van der Waals surface area (Å²) < 4.78 is 10.4. The van der Waals surface area contributed by atoms with Gasteiger partial charge in [-0.15, -0.1) is 16.5 Å². The van der Waals surface area contributed by atoms with Gasteiger partial charge in [0.2, 0.25) is 5.13 Å². The van der Waals surface area contributed by atoms with Crippen LogP contribution in [-0.4, -0.2) is 12.1 Å². The van der Waals surface area contributed by atoms with Gasteiger partial charge < -0.3 is 9.15 Å². The lowest BCUT2D eigenvalue weighted by Gasteiger charge is -2.01. The van der Waals surface area contributed by atoms with E-state index in [9.17, 15) is 0 Å². The van der Waals surface area contributed by atoms with Crippen LogP contribution in [0.4, 0.5) is 5.13 Å². The highest BCUT2D eigenvalue weighted by molar-refractivity contribution is 7.13. The Balaban J connectivity index is 1.72. The topological polar surface area (TPSA) is 60.0 Å². The number of hydrogen-bond acceptors (Lipinski definition) is 6. The van der Waals surface area contributed by atoms with E-state index in [1.165, 1.54) is 11.3 Å². The van der Waals surface area contributed by atoms with Crippen molar-refractivity contribution in [1.82, 2.24) is 4.98 Å². The zero-order valence-electron chi connectivity index (χ0n) is 11.4. The van der Waals surface area contributed by atoms with E-state index < -0.39 is 0 Å². The number of thiazole rings is 1. The quantitative estimate of drug-likeness (QED) is 0.642. The molecule has 6 heteroatoms. The molecule has 3 aromatic rings. The second-order valence-corrected chi connectivity index (χ2v) is 5.06. The van der Waals surface area contributed by atoms with Crippen LogP contribution in [0.1, 0.15) is 5.76 Å². The van der Waals surface area contributed by atoms with E-state index in [0.717, 1.165) is 22.8 Å². The summed E-state index contributed by atoms with van der Waals surface area (Å²) in [5.41, 5.74) is 1.86. The molecule has 0 saturated carbocycles. The van der Waals surface area contributed by atoms with E-state index in [2.05, 4.69) is 15.2 Å². The Hall–Kier alpha value is -2.47. The van der Waals surface area contributed by atoms with E-state index in [1.807, 2.05) is 41.8 Å². The Morgan fingerprint density at radius 1 is 1.29 bits per heavy atom. The third-order valence-electron chi connectivity index (χ3n) is 2.82. The van der Waals surface area contributed by atoms with Crippen molar-refractivity contribution in [3.8, 4) is 17.0 Å². The van der Waals surface area contributed by atoms with Crippen molar-refractivity contribution in [3.63, 3.8) is 0 Å². The summed E-state index contributed by atoms with van der Waals surface area (Å²) in [6, 6.07) is 11.5. The number of benzene rings is 1. The van der Waals surface area contributed by atoms with E-state index in [1.54, 1.807) is 13.4 Å². The van der Waals surface area contributed by atoms with Gasteiger partial charge in [-0.1, -0.05) is 12.1 Å². The maximum absolute atomic E-state index is 5.21. The van der Waals surface area contributed by atoms with Crippen molar-refractivity contribution >= 4 is 16.5 Å². The van der Waals surface area contributed by atoms with Gasteiger partial charge in [0.1, 0.15) is 18.1 Å². The van der Waals surface area contributed by atoms with Gasteiger partial charge in [-0.05, 0) is 24.3 Å². The first-order valence-electron chi connectivity index (χ1n) is 6.35. The van der Waals surface area contributed by atoms with Gasteiger partial charge in [-0.2, -0.15) is 5.11 Å². The van der Waals surface area contributed by atoms with Crippen LogP contribution in [0.25, 0.3) is 11.3 Å². The average molecular weight is 299 g/mol. The fourth-order valence-corrected chi connectivity index (χ4v) is 2.46. The number of rotatable bonds is 5. The van der Waals surface area contributed by atoms with Crippen molar-refractivity contribution in [3.05, 3.63) is 53.8 Å². The molecule has 0 N–H and O–H groups in total. The molecule has 0 saturated heterocycles. The first-order chi connectivity index (χ1) is 10.3. The van der Waals surface area contributed by atoms with E-state index in [4.69, 9.17) is 9.15 Å². The minimum Gasteiger partial charge on any atom is -0.497 e. The van der Waals surface area contributed by atoms with Crippen LogP contribution < -0.4 is 4.74 Å². The first kappa shape index (κ1) is 13.5. The van der Waals surface area contributed by atoms with Crippen molar-refractivity contribution in [1.29, 1.82) is 0 Å². The maximum Gasteiger partial charge on any atom is 0.230 e. The van der Waals surface area contributed by atoms with Crippen LogP contribution in [0.5, 0.6) is 5.75 Å². The van der Waals surface area contributed by atoms with E-state index in [0.29, 0.717) is 11.7 Å². The van der Waals surface area contributed by atoms with Crippen molar-refractivity contribution in [2.75, 3.05) is 7.11 Å². The molecule has 0 atom stereocenters. The molecule has 106 valence electrons. The maximum atomic E-state index is 5.21. The summed E-state index contributed by atoms with van der Waals surface area (Å²) in [4.78, 5) is 4.45. The van der Waals surface area contributed by atoms with Crippen molar-refractivity contribution < 1.29 is 9.15 Å². The van der Waals surface area contributed by atoms with Gasteiger partial charge in [0.15, 0.2) is 0 Å². The van der Waals surface area contributed by atoms with Crippen LogP contribution >= 0.6 is 11.3 Å². The first-order valence-corrected chi connectivity index (χ1v) is 7.23. The van der Waals surface area contributed by atoms with Gasteiger partial charge >= 0.3 is 0 Å². The molecular formula is C15H13N3O2S. The number of nitrogens with zero attached hydrogens (tertiary/aromatic N) is 3. The van der Waals surface area contributed by atoms with Gasteiger partial charge in [-0.3, -0.25) is 0 Å². The molecule has 1 aromatic carbocycles. The van der Waals surface area contributed by atoms with Crippen molar-refractivity contribution in [2.24, 2.45) is 10.2 Å². The molecule has 0 spiro atoms. The predicted molar refractivity (Wildman–Crippen MR) is 81.0 cm³/mol. The molecule has 2 aromatic heterocycles. The summed E-state index contributed by atoms with van der Waals surface area (Å²) in [5, 5.41) is 10.8. The monoisotopic (exact) mass is 299 g/mol. The molecule has 3 rings (SSSR count). The number of hydrogen-bond donors (Lipinski definition) is 0. The Kier molecular flexibility index (Phi) is 4.07. The fourth-order valence-electron chi connectivity index (χ4n) is 1.79. The molecule has 0 aliphatic heterocycles. The molecule has 0 aliphatic carbocycles. The summed E-state index contributed by atoms with van der Waals surface area (Å²) in [5.74, 6) is 1.59. The van der Waals surface area contributed by atoms with Crippen LogP contribution in [0.3, 0.4) is 0 Å². The van der Waals surface area contributed by atoms with Crippen LogP contribution in [0.15, 0.2) is 62.7 Å². The van der Waals surface area contributed by atoms with Crippen molar-refractivity contribution in [2.45, 2.75) is 6.54 Å². The molecule has 0 bridgehead atoms. The van der Waals surface area contributed by atoms with Crippen LogP contribution in [-0.2, 0) is 6.54 Å². The third kappa shape index (κ3) is 3.35. The lowest BCUT2D eigenvalue weighted by Crippen LogP contribution is -1.83. The Morgan fingerprint density at radius 3 is 3.05 bits per heavy atom. The standard InChI is InChI=1S/C15H13N3O2S/c1-19-12-5-2-4-11(8-12)14-10-21-15(17-14)18-16-9-13-6-3-7-20-13/h2-8,10H,9H2,1H3. The normalized spacial score (nSPS) is 11.1.